The Balaban J connectivity index is 1.38. The number of benzene rings is 2. The van der Waals surface area contributed by atoms with Gasteiger partial charge in [0.05, 0.1) is 11.3 Å². The average Bonchev–Trinajstić information content (AvgIpc) is 2.85. The van der Waals surface area contributed by atoms with Crippen molar-refractivity contribution in [3.63, 3.8) is 0 Å². The molecule has 9 heteroatoms. The molecule has 0 unspecified atom stereocenters. The Bertz CT molecular complexity index is 1030. The van der Waals surface area contributed by atoms with Gasteiger partial charge in [0.1, 0.15) is 5.69 Å². The fraction of sp³-hybridized carbons (Fsp3) is 0.440. The van der Waals surface area contributed by atoms with Crippen LogP contribution in [0.1, 0.15) is 41.6 Å². The largest absolute Gasteiger partial charge is 0.362 e. The third kappa shape index (κ3) is 5.72. The first-order valence-corrected chi connectivity index (χ1v) is 11.8. The number of nitrogens with one attached hydrogen (secondary N) is 1. The monoisotopic (exact) mass is 465 g/mol. The van der Waals surface area contributed by atoms with E-state index in [-0.39, 0.29) is 35.1 Å². The van der Waals surface area contributed by atoms with Crippen LogP contribution in [0, 0.1) is 10.1 Å². The Hall–Kier alpha value is -3.46. The molecule has 2 aromatic rings. The van der Waals surface area contributed by atoms with Crippen LogP contribution in [-0.2, 0) is 11.2 Å². The number of carbonyl (C=O) groups excluding carboxylic acids is 2. The van der Waals surface area contributed by atoms with Gasteiger partial charge in [-0.1, -0.05) is 30.3 Å². The molecule has 0 aromatic heterocycles. The molecule has 0 atom stereocenters. The molecule has 1 aliphatic carbocycles. The lowest BCUT2D eigenvalue weighted by molar-refractivity contribution is -0.384. The fourth-order valence-corrected chi connectivity index (χ4v) is 4.69. The maximum absolute atomic E-state index is 12.7. The molecule has 3 N–H and O–H groups in total. The summed E-state index contributed by atoms with van der Waals surface area (Å²) in [6, 6.07) is 14.5. The molecule has 1 saturated carbocycles. The van der Waals surface area contributed by atoms with Gasteiger partial charge >= 0.3 is 0 Å². The number of amides is 2. The summed E-state index contributed by atoms with van der Waals surface area (Å²) in [6.45, 7) is 1.98. The molecule has 0 spiro atoms. The molecular formula is C25H31N5O4. The summed E-state index contributed by atoms with van der Waals surface area (Å²) < 4.78 is 0. The summed E-state index contributed by atoms with van der Waals surface area (Å²) >= 11 is 0. The van der Waals surface area contributed by atoms with Gasteiger partial charge in [-0.3, -0.25) is 19.7 Å². The quantitative estimate of drug-likeness (QED) is 0.499. The maximum atomic E-state index is 12.7. The van der Waals surface area contributed by atoms with Crippen molar-refractivity contribution in [3.05, 3.63) is 69.8 Å². The van der Waals surface area contributed by atoms with Gasteiger partial charge in [-0.2, -0.15) is 0 Å². The molecule has 1 aliphatic heterocycles. The zero-order chi connectivity index (χ0) is 24.1. The first kappa shape index (κ1) is 23.7. The molecule has 1 heterocycles. The van der Waals surface area contributed by atoms with Crippen molar-refractivity contribution >= 4 is 23.2 Å². The fourth-order valence-electron chi connectivity index (χ4n) is 4.69. The highest BCUT2D eigenvalue weighted by Gasteiger charge is 2.27. The van der Waals surface area contributed by atoms with Crippen LogP contribution in [0.25, 0.3) is 0 Å². The number of hydrogen-bond donors (Lipinski definition) is 2. The average molecular weight is 466 g/mol. The second-order valence-corrected chi connectivity index (χ2v) is 9.08. The number of nitrogens with zero attached hydrogens (tertiary/aromatic N) is 3. The summed E-state index contributed by atoms with van der Waals surface area (Å²) in [5.41, 5.74) is 7.55. The lowest BCUT2D eigenvalue weighted by Gasteiger charge is -2.36. The summed E-state index contributed by atoms with van der Waals surface area (Å²) in [6.07, 6.45) is 3.71. The summed E-state index contributed by atoms with van der Waals surface area (Å²) in [5, 5.41) is 14.8. The number of hydrogen-bond acceptors (Lipinski definition) is 6. The molecule has 0 bridgehead atoms. The number of rotatable bonds is 6. The lowest BCUT2D eigenvalue weighted by atomic mass is 9.91. The summed E-state index contributed by atoms with van der Waals surface area (Å²) in [7, 11) is 0. The van der Waals surface area contributed by atoms with Crippen molar-refractivity contribution in [3.8, 4) is 0 Å². The maximum Gasteiger partial charge on any atom is 0.293 e. The number of piperazine rings is 1. The molecule has 4 rings (SSSR count). The zero-order valence-electron chi connectivity index (χ0n) is 19.2. The van der Waals surface area contributed by atoms with Crippen molar-refractivity contribution in [2.75, 3.05) is 31.1 Å². The number of nitro groups is 1. The van der Waals surface area contributed by atoms with E-state index < -0.39 is 4.92 Å². The Kier molecular flexibility index (Phi) is 7.42. The predicted octanol–water partition coefficient (Wildman–Crippen LogP) is 2.49. The molecule has 1 saturated heterocycles. The van der Waals surface area contributed by atoms with E-state index in [1.54, 1.807) is 17.0 Å². The first-order valence-electron chi connectivity index (χ1n) is 11.8. The number of carbonyl (C=O) groups is 2. The Morgan fingerprint density at radius 3 is 2.32 bits per heavy atom. The van der Waals surface area contributed by atoms with Gasteiger partial charge in [0, 0.05) is 49.9 Å². The van der Waals surface area contributed by atoms with Crippen LogP contribution in [0.3, 0.4) is 0 Å². The van der Waals surface area contributed by atoms with Crippen LogP contribution < -0.4 is 16.0 Å². The topological polar surface area (TPSA) is 122 Å². The Labute approximate surface area is 199 Å². The molecule has 2 fully saturated rings. The second-order valence-electron chi connectivity index (χ2n) is 9.08. The minimum absolute atomic E-state index is 0.0486. The van der Waals surface area contributed by atoms with Gasteiger partial charge in [0.2, 0.25) is 5.91 Å². The number of anilines is 1. The predicted molar refractivity (Wildman–Crippen MR) is 130 cm³/mol. The van der Waals surface area contributed by atoms with Crippen LogP contribution in [0.15, 0.2) is 48.5 Å². The minimum Gasteiger partial charge on any atom is -0.362 e. The van der Waals surface area contributed by atoms with E-state index in [9.17, 15) is 19.7 Å². The van der Waals surface area contributed by atoms with E-state index in [2.05, 4.69) is 5.32 Å². The van der Waals surface area contributed by atoms with E-state index >= 15 is 0 Å². The van der Waals surface area contributed by atoms with Crippen LogP contribution in [-0.4, -0.2) is 59.9 Å². The third-order valence-corrected chi connectivity index (χ3v) is 6.71. The van der Waals surface area contributed by atoms with Gasteiger partial charge < -0.3 is 20.9 Å². The molecule has 9 nitrogen and oxygen atoms in total. The molecule has 2 aromatic carbocycles. The van der Waals surface area contributed by atoms with Gasteiger partial charge in [-0.15, -0.1) is 0 Å². The van der Waals surface area contributed by atoms with Gasteiger partial charge in [-0.05, 0) is 43.4 Å². The normalized spacial score (nSPS) is 20.6. The van der Waals surface area contributed by atoms with Crippen molar-refractivity contribution < 1.29 is 14.5 Å². The molecule has 0 radical (unpaired) electrons. The van der Waals surface area contributed by atoms with Crippen LogP contribution in [0.4, 0.5) is 11.4 Å². The van der Waals surface area contributed by atoms with Crippen LogP contribution in [0.5, 0.6) is 0 Å². The molecular weight excluding hydrogens is 434 g/mol. The van der Waals surface area contributed by atoms with Crippen molar-refractivity contribution in [2.45, 2.75) is 44.2 Å². The third-order valence-electron chi connectivity index (χ3n) is 6.71. The van der Waals surface area contributed by atoms with E-state index in [4.69, 9.17) is 5.73 Å². The van der Waals surface area contributed by atoms with Crippen molar-refractivity contribution in [1.82, 2.24) is 10.2 Å². The van der Waals surface area contributed by atoms with Gasteiger partial charge in [0.15, 0.2) is 0 Å². The highest BCUT2D eigenvalue weighted by molar-refractivity contribution is 5.96. The van der Waals surface area contributed by atoms with E-state index in [1.807, 2.05) is 35.2 Å². The first-order chi connectivity index (χ1) is 16.4. The second kappa shape index (κ2) is 10.6. The van der Waals surface area contributed by atoms with E-state index in [0.29, 0.717) is 38.3 Å². The zero-order valence-corrected chi connectivity index (χ0v) is 19.2. The highest BCUT2D eigenvalue weighted by atomic mass is 16.6. The standard InChI is InChI=1S/C25H31N5O4/c26-20-7-9-21(10-8-20)27-25(32)19-6-11-22(23(17-19)30(33)34)28-12-14-29(15-13-28)24(31)16-18-4-2-1-3-5-18/h1-6,11,17,20-21H,7-10,12-16,26H2,(H,27,32). The van der Waals surface area contributed by atoms with E-state index in [1.165, 1.54) is 6.07 Å². The highest BCUT2D eigenvalue weighted by Crippen LogP contribution is 2.30. The smallest absolute Gasteiger partial charge is 0.293 e. The Morgan fingerprint density at radius 1 is 1.00 bits per heavy atom. The SMILES string of the molecule is NC1CCC(NC(=O)c2ccc(N3CCN(C(=O)Cc4ccccc4)CC3)c([N+](=O)[O-])c2)CC1. The molecule has 180 valence electrons. The van der Waals surface area contributed by atoms with Crippen LogP contribution in [0.2, 0.25) is 0 Å². The summed E-state index contributed by atoms with van der Waals surface area (Å²) in [4.78, 5) is 40.4. The lowest BCUT2D eigenvalue weighted by Crippen LogP contribution is -2.49. The minimum atomic E-state index is -0.446. The van der Waals surface area contributed by atoms with Gasteiger partial charge in [0.25, 0.3) is 11.6 Å². The molecule has 2 aliphatic rings. The Morgan fingerprint density at radius 2 is 1.68 bits per heavy atom. The molecule has 2 amide bonds. The molecule has 34 heavy (non-hydrogen) atoms. The van der Waals surface area contributed by atoms with Crippen LogP contribution >= 0.6 is 0 Å². The number of nitrogens with two attached hydrogens (primary N) is 1. The number of nitro benzene ring substituents is 1. The summed E-state index contributed by atoms with van der Waals surface area (Å²) in [5.74, 6) is -0.248. The van der Waals surface area contributed by atoms with Gasteiger partial charge in [-0.25, -0.2) is 0 Å². The van der Waals surface area contributed by atoms with Crippen molar-refractivity contribution in [1.29, 1.82) is 0 Å². The van der Waals surface area contributed by atoms with Crippen molar-refractivity contribution in [2.24, 2.45) is 5.73 Å². The van der Waals surface area contributed by atoms with E-state index in [0.717, 1.165) is 31.2 Å².